The topological polar surface area (TPSA) is 102 Å². The molecule has 0 aliphatic rings. The normalized spacial score (nSPS) is 10.5. The van der Waals surface area contributed by atoms with Gasteiger partial charge in [-0.3, -0.25) is 4.79 Å². The number of aryl methyl sites for hydroxylation is 1. The van der Waals surface area contributed by atoms with E-state index in [0.717, 1.165) is 29.1 Å². The van der Waals surface area contributed by atoms with Gasteiger partial charge < -0.3 is 16.4 Å². The molecule has 0 saturated carbocycles. The van der Waals surface area contributed by atoms with Crippen LogP contribution in [0.25, 0.3) is 5.69 Å². The van der Waals surface area contributed by atoms with Crippen molar-refractivity contribution in [2.45, 2.75) is 39.7 Å². The number of primary amides is 1. The Morgan fingerprint density at radius 2 is 1.84 bits per heavy atom. The minimum absolute atomic E-state index is 0.00895. The fourth-order valence-corrected chi connectivity index (χ4v) is 2.65. The summed E-state index contributed by atoms with van der Waals surface area (Å²) in [5, 5.41) is 10.0. The van der Waals surface area contributed by atoms with E-state index in [1.165, 1.54) is 0 Å². The zero-order chi connectivity index (χ0) is 18.2. The molecule has 0 atom stereocenters. The van der Waals surface area contributed by atoms with Crippen LogP contribution in [0.4, 0.5) is 4.79 Å². The lowest BCUT2D eigenvalue weighted by molar-refractivity contribution is -0.121. The average molecular weight is 343 g/mol. The SMILES string of the molecule is Cc1nn(-c2ccccc2)c(C)c1CNC(=O)CCCCNC(N)=O. The number of nitrogens with two attached hydrogens (primary N) is 1. The number of carbonyl (C=O) groups excluding carboxylic acids is 2. The number of carbonyl (C=O) groups is 2. The van der Waals surface area contributed by atoms with Crippen molar-refractivity contribution >= 4 is 11.9 Å². The maximum Gasteiger partial charge on any atom is 0.312 e. The van der Waals surface area contributed by atoms with Gasteiger partial charge in [-0.1, -0.05) is 18.2 Å². The van der Waals surface area contributed by atoms with Gasteiger partial charge in [-0.25, -0.2) is 9.48 Å². The molecule has 0 saturated heterocycles. The minimum atomic E-state index is -0.536. The fourth-order valence-electron chi connectivity index (χ4n) is 2.65. The molecule has 1 aromatic carbocycles. The van der Waals surface area contributed by atoms with Crippen LogP contribution in [0, 0.1) is 13.8 Å². The molecule has 0 aliphatic carbocycles. The molecule has 1 aromatic heterocycles. The largest absolute Gasteiger partial charge is 0.352 e. The molecule has 1 heterocycles. The first kappa shape index (κ1) is 18.5. The van der Waals surface area contributed by atoms with E-state index in [2.05, 4.69) is 15.7 Å². The summed E-state index contributed by atoms with van der Waals surface area (Å²) in [6.45, 7) is 4.90. The molecule has 3 amide bonds. The number of amides is 3. The molecule has 0 radical (unpaired) electrons. The molecular formula is C18H25N5O2. The van der Waals surface area contributed by atoms with E-state index < -0.39 is 6.03 Å². The highest BCUT2D eigenvalue weighted by Gasteiger charge is 2.13. The van der Waals surface area contributed by atoms with Crippen LogP contribution in [0.3, 0.4) is 0 Å². The third-order valence-corrected chi connectivity index (χ3v) is 4.03. The molecule has 0 spiro atoms. The number of hydrogen-bond acceptors (Lipinski definition) is 3. The van der Waals surface area contributed by atoms with Gasteiger partial charge in [0.05, 0.1) is 11.4 Å². The second-order valence-corrected chi connectivity index (χ2v) is 5.92. The molecule has 7 nitrogen and oxygen atoms in total. The van der Waals surface area contributed by atoms with Crippen LogP contribution in [0.1, 0.15) is 36.2 Å². The summed E-state index contributed by atoms with van der Waals surface area (Å²) < 4.78 is 1.90. The van der Waals surface area contributed by atoms with Gasteiger partial charge in [-0.2, -0.15) is 5.10 Å². The van der Waals surface area contributed by atoms with Gasteiger partial charge in [0, 0.05) is 30.8 Å². The van der Waals surface area contributed by atoms with Crippen LogP contribution in [-0.4, -0.2) is 28.3 Å². The van der Waals surface area contributed by atoms with Gasteiger partial charge in [0.25, 0.3) is 0 Å². The van der Waals surface area contributed by atoms with E-state index in [9.17, 15) is 9.59 Å². The molecule has 25 heavy (non-hydrogen) atoms. The van der Waals surface area contributed by atoms with E-state index >= 15 is 0 Å². The van der Waals surface area contributed by atoms with Crippen molar-refractivity contribution in [2.24, 2.45) is 5.73 Å². The first-order valence-corrected chi connectivity index (χ1v) is 8.39. The summed E-state index contributed by atoms with van der Waals surface area (Å²) in [6.07, 6.45) is 1.85. The van der Waals surface area contributed by atoms with Gasteiger partial charge in [-0.15, -0.1) is 0 Å². The Hall–Kier alpha value is -2.83. The highest BCUT2D eigenvalue weighted by Crippen LogP contribution is 2.17. The number of urea groups is 1. The lowest BCUT2D eigenvalue weighted by Gasteiger charge is -2.07. The van der Waals surface area contributed by atoms with Crippen molar-refractivity contribution < 1.29 is 9.59 Å². The van der Waals surface area contributed by atoms with E-state index in [-0.39, 0.29) is 5.91 Å². The van der Waals surface area contributed by atoms with Crippen LogP contribution in [0.2, 0.25) is 0 Å². The van der Waals surface area contributed by atoms with Crippen LogP contribution in [0.15, 0.2) is 30.3 Å². The first-order chi connectivity index (χ1) is 12.0. The zero-order valence-corrected chi connectivity index (χ0v) is 14.7. The molecule has 0 bridgehead atoms. The molecule has 7 heteroatoms. The third kappa shape index (κ3) is 5.34. The van der Waals surface area contributed by atoms with E-state index in [0.29, 0.717) is 25.9 Å². The number of unbranched alkanes of at least 4 members (excludes halogenated alkanes) is 1. The highest BCUT2D eigenvalue weighted by atomic mass is 16.2. The van der Waals surface area contributed by atoms with Gasteiger partial charge in [-0.05, 0) is 38.8 Å². The predicted molar refractivity (Wildman–Crippen MR) is 96.3 cm³/mol. The summed E-state index contributed by atoms with van der Waals surface area (Å²) in [5.74, 6) is -0.00895. The highest BCUT2D eigenvalue weighted by molar-refractivity contribution is 5.75. The van der Waals surface area contributed by atoms with Crippen LogP contribution in [-0.2, 0) is 11.3 Å². The molecule has 0 unspecified atom stereocenters. The summed E-state index contributed by atoms with van der Waals surface area (Å²) in [5.41, 5.74) is 8.95. The van der Waals surface area contributed by atoms with Gasteiger partial charge in [0.2, 0.25) is 5.91 Å². The number of nitrogens with one attached hydrogen (secondary N) is 2. The number of para-hydroxylation sites is 1. The second kappa shape index (κ2) is 8.86. The predicted octanol–water partition coefficient (Wildman–Crippen LogP) is 1.94. The minimum Gasteiger partial charge on any atom is -0.352 e. The van der Waals surface area contributed by atoms with Crippen molar-refractivity contribution in [3.8, 4) is 5.69 Å². The van der Waals surface area contributed by atoms with Crippen molar-refractivity contribution in [1.82, 2.24) is 20.4 Å². The Morgan fingerprint density at radius 3 is 2.52 bits per heavy atom. The summed E-state index contributed by atoms with van der Waals surface area (Å²) in [4.78, 5) is 22.5. The Bertz CT molecular complexity index is 725. The quantitative estimate of drug-likeness (QED) is 0.638. The summed E-state index contributed by atoms with van der Waals surface area (Å²) in [6, 6.07) is 9.38. The lowest BCUT2D eigenvalue weighted by atomic mass is 10.2. The summed E-state index contributed by atoms with van der Waals surface area (Å²) >= 11 is 0. The lowest BCUT2D eigenvalue weighted by Crippen LogP contribution is -2.30. The Balaban J connectivity index is 1.86. The van der Waals surface area contributed by atoms with Gasteiger partial charge >= 0.3 is 6.03 Å². The van der Waals surface area contributed by atoms with Gasteiger partial charge in [0.1, 0.15) is 0 Å². The number of benzene rings is 1. The molecular weight excluding hydrogens is 318 g/mol. The van der Waals surface area contributed by atoms with Crippen LogP contribution >= 0.6 is 0 Å². The van der Waals surface area contributed by atoms with Gasteiger partial charge in [0.15, 0.2) is 0 Å². The number of aromatic nitrogens is 2. The second-order valence-electron chi connectivity index (χ2n) is 5.92. The van der Waals surface area contributed by atoms with Crippen molar-refractivity contribution in [2.75, 3.05) is 6.54 Å². The molecule has 0 aliphatic heterocycles. The molecule has 134 valence electrons. The zero-order valence-electron chi connectivity index (χ0n) is 14.7. The van der Waals surface area contributed by atoms with Crippen molar-refractivity contribution in [1.29, 1.82) is 0 Å². The Kier molecular flexibility index (Phi) is 6.56. The number of nitrogens with zero attached hydrogens (tertiary/aromatic N) is 2. The van der Waals surface area contributed by atoms with Crippen molar-refractivity contribution in [3.05, 3.63) is 47.3 Å². The van der Waals surface area contributed by atoms with Crippen molar-refractivity contribution in [3.63, 3.8) is 0 Å². The monoisotopic (exact) mass is 343 g/mol. The third-order valence-electron chi connectivity index (χ3n) is 4.03. The van der Waals surface area contributed by atoms with E-state index in [1.807, 2.05) is 48.9 Å². The number of hydrogen-bond donors (Lipinski definition) is 3. The fraction of sp³-hybridized carbons (Fsp3) is 0.389. The Labute approximate surface area is 147 Å². The maximum atomic E-state index is 12.0. The molecule has 0 fully saturated rings. The first-order valence-electron chi connectivity index (χ1n) is 8.39. The standard InChI is InChI=1S/C18H25N5O2/c1-13-16(12-21-17(24)10-6-7-11-20-18(19)25)14(2)23(22-13)15-8-4-3-5-9-15/h3-5,8-9H,6-7,10-12H2,1-2H3,(H,21,24)(H3,19,20,25). The summed E-state index contributed by atoms with van der Waals surface area (Å²) in [7, 11) is 0. The van der Waals surface area contributed by atoms with Crippen LogP contribution < -0.4 is 16.4 Å². The van der Waals surface area contributed by atoms with E-state index in [1.54, 1.807) is 0 Å². The number of rotatable bonds is 8. The van der Waals surface area contributed by atoms with E-state index in [4.69, 9.17) is 5.73 Å². The molecule has 2 rings (SSSR count). The Morgan fingerprint density at radius 1 is 1.12 bits per heavy atom. The van der Waals surface area contributed by atoms with Crippen LogP contribution in [0.5, 0.6) is 0 Å². The maximum absolute atomic E-state index is 12.0. The molecule has 4 N–H and O–H groups in total. The average Bonchev–Trinajstić information content (AvgIpc) is 2.87. The smallest absolute Gasteiger partial charge is 0.312 e. The molecule has 2 aromatic rings.